The van der Waals surface area contributed by atoms with Crippen molar-refractivity contribution in [2.24, 2.45) is 0 Å². The molecule has 0 bridgehead atoms. The number of hydrogen-bond acceptors (Lipinski definition) is 2. The number of halogens is 1. The van der Waals surface area contributed by atoms with Gasteiger partial charge in [-0.25, -0.2) is 4.39 Å². The van der Waals surface area contributed by atoms with Crippen LogP contribution in [0, 0.1) is 5.82 Å². The van der Waals surface area contributed by atoms with Gasteiger partial charge in [-0.1, -0.05) is 19.1 Å². The van der Waals surface area contributed by atoms with Crippen molar-refractivity contribution in [1.29, 1.82) is 0 Å². The average molecular weight is 238 g/mol. The fraction of sp³-hybridized carbons (Fsp3) is 0.571. The van der Waals surface area contributed by atoms with Crippen molar-refractivity contribution in [3.05, 3.63) is 35.6 Å². The van der Waals surface area contributed by atoms with Crippen molar-refractivity contribution in [2.75, 3.05) is 20.6 Å². The zero-order valence-corrected chi connectivity index (χ0v) is 11.2. The summed E-state index contributed by atoms with van der Waals surface area (Å²) in [7, 11) is 4.13. The van der Waals surface area contributed by atoms with Crippen LogP contribution >= 0.6 is 0 Å². The van der Waals surface area contributed by atoms with Crippen LogP contribution in [0.4, 0.5) is 4.39 Å². The van der Waals surface area contributed by atoms with Gasteiger partial charge in [-0.05, 0) is 45.1 Å². The van der Waals surface area contributed by atoms with E-state index in [1.807, 2.05) is 6.07 Å². The monoisotopic (exact) mass is 238 g/mol. The molecule has 2 unspecified atom stereocenters. The third-order valence-electron chi connectivity index (χ3n) is 3.20. The lowest BCUT2D eigenvalue weighted by Crippen LogP contribution is -2.37. The Kier molecular flexibility index (Phi) is 5.59. The molecular formula is C14H23FN2. The Bertz CT molecular complexity index is 339. The van der Waals surface area contributed by atoms with Gasteiger partial charge in [-0.2, -0.15) is 0 Å². The Morgan fingerprint density at radius 1 is 1.35 bits per heavy atom. The summed E-state index contributed by atoms with van der Waals surface area (Å²) in [6.45, 7) is 5.19. The van der Waals surface area contributed by atoms with Gasteiger partial charge >= 0.3 is 0 Å². The van der Waals surface area contributed by atoms with Gasteiger partial charge in [-0.15, -0.1) is 0 Å². The van der Waals surface area contributed by atoms with E-state index in [1.54, 1.807) is 12.1 Å². The Morgan fingerprint density at radius 3 is 2.59 bits per heavy atom. The Labute approximate surface area is 104 Å². The maximum atomic E-state index is 13.2. The Balaban J connectivity index is 2.60. The molecule has 0 saturated heterocycles. The van der Waals surface area contributed by atoms with Crippen LogP contribution in [0.2, 0.25) is 0 Å². The van der Waals surface area contributed by atoms with E-state index in [4.69, 9.17) is 0 Å². The molecule has 0 aliphatic carbocycles. The average Bonchev–Trinajstić information content (AvgIpc) is 2.29. The third-order valence-corrected chi connectivity index (χ3v) is 3.20. The predicted octanol–water partition coefficient (Wildman–Crippen LogP) is 2.82. The van der Waals surface area contributed by atoms with Crippen molar-refractivity contribution in [3.8, 4) is 0 Å². The van der Waals surface area contributed by atoms with E-state index in [1.165, 1.54) is 6.07 Å². The van der Waals surface area contributed by atoms with Crippen LogP contribution in [0.25, 0.3) is 0 Å². The van der Waals surface area contributed by atoms with Gasteiger partial charge in [0.25, 0.3) is 0 Å². The number of nitrogens with zero attached hydrogens (tertiary/aromatic N) is 1. The Morgan fingerprint density at radius 2 is 2.06 bits per heavy atom. The van der Waals surface area contributed by atoms with Crippen LogP contribution in [0.1, 0.15) is 31.9 Å². The highest BCUT2D eigenvalue weighted by molar-refractivity contribution is 5.20. The largest absolute Gasteiger partial charge is 0.308 e. The van der Waals surface area contributed by atoms with Gasteiger partial charge in [0.15, 0.2) is 0 Å². The van der Waals surface area contributed by atoms with Crippen molar-refractivity contribution >= 4 is 0 Å². The van der Waals surface area contributed by atoms with Crippen LogP contribution < -0.4 is 5.32 Å². The minimum Gasteiger partial charge on any atom is -0.308 e. The van der Waals surface area contributed by atoms with Crippen molar-refractivity contribution in [1.82, 2.24) is 10.2 Å². The first-order valence-corrected chi connectivity index (χ1v) is 6.19. The molecule has 0 fully saturated rings. The van der Waals surface area contributed by atoms with Gasteiger partial charge < -0.3 is 10.2 Å². The highest BCUT2D eigenvalue weighted by Gasteiger charge is 2.11. The molecule has 3 heteroatoms. The quantitative estimate of drug-likeness (QED) is 0.820. The van der Waals surface area contributed by atoms with Gasteiger partial charge in [0.05, 0.1) is 0 Å². The number of likely N-dealkylation sites (N-methyl/N-ethyl adjacent to an activating group) is 1. The molecule has 96 valence electrons. The molecule has 0 aromatic heterocycles. The lowest BCUT2D eigenvalue weighted by molar-refractivity contribution is 0.292. The van der Waals surface area contributed by atoms with Gasteiger partial charge in [0.1, 0.15) is 5.82 Å². The zero-order valence-electron chi connectivity index (χ0n) is 11.2. The van der Waals surface area contributed by atoms with Crippen LogP contribution in [0.15, 0.2) is 24.3 Å². The van der Waals surface area contributed by atoms with E-state index in [9.17, 15) is 4.39 Å². The van der Waals surface area contributed by atoms with Gasteiger partial charge in [-0.3, -0.25) is 0 Å². The Hall–Kier alpha value is -0.930. The van der Waals surface area contributed by atoms with E-state index in [0.717, 1.165) is 18.5 Å². The first-order valence-electron chi connectivity index (χ1n) is 6.19. The summed E-state index contributed by atoms with van der Waals surface area (Å²) in [5, 5.41) is 3.49. The van der Waals surface area contributed by atoms with E-state index >= 15 is 0 Å². The molecule has 1 aromatic rings. The van der Waals surface area contributed by atoms with E-state index in [0.29, 0.717) is 6.04 Å². The molecule has 2 nitrogen and oxygen atoms in total. The van der Waals surface area contributed by atoms with E-state index in [-0.39, 0.29) is 11.9 Å². The first kappa shape index (κ1) is 14.1. The van der Waals surface area contributed by atoms with Crippen molar-refractivity contribution in [3.63, 3.8) is 0 Å². The first-order chi connectivity index (χ1) is 8.04. The summed E-state index contributed by atoms with van der Waals surface area (Å²) in [5.74, 6) is -0.164. The molecule has 1 N–H and O–H groups in total. The zero-order chi connectivity index (χ0) is 12.8. The maximum absolute atomic E-state index is 13.2. The maximum Gasteiger partial charge on any atom is 0.123 e. The van der Waals surface area contributed by atoms with E-state index in [2.05, 4.69) is 38.2 Å². The van der Waals surface area contributed by atoms with Gasteiger partial charge in [0, 0.05) is 18.6 Å². The fourth-order valence-electron chi connectivity index (χ4n) is 1.72. The molecule has 1 aromatic carbocycles. The van der Waals surface area contributed by atoms with Gasteiger partial charge in [0.2, 0.25) is 0 Å². The highest BCUT2D eigenvalue weighted by atomic mass is 19.1. The van der Waals surface area contributed by atoms with Crippen LogP contribution in [0.3, 0.4) is 0 Å². The molecule has 0 radical (unpaired) electrons. The number of hydrogen-bond donors (Lipinski definition) is 1. The summed E-state index contributed by atoms with van der Waals surface area (Å²) >= 11 is 0. The van der Waals surface area contributed by atoms with Crippen molar-refractivity contribution in [2.45, 2.75) is 32.4 Å². The third kappa shape index (κ3) is 4.44. The second-order valence-corrected chi connectivity index (χ2v) is 4.74. The summed E-state index contributed by atoms with van der Waals surface area (Å²) < 4.78 is 13.2. The van der Waals surface area contributed by atoms with Crippen LogP contribution in [-0.4, -0.2) is 31.6 Å². The van der Waals surface area contributed by atoms with E-state index < -0.39 is 0 Å². The highest BCUT2D eigenvalue weighted by Crippen LogP contribution is 2.17. The second kappa shape index (κ2) is 6.72. The summed E-state index contributed by atoms with van der Waals surface area (Å²) in [5.41, 5.74) is 1.03. The topological polar surface area (TPSA) is 15.3 Å². The molecule has 0 saturated carbocycles. The molecule has 0 heterocycles. The summed E-state index contributed by atoms with van der Waals surface area (Å²) in [6, 6.07) is 7.54. The number of benzene rings is 1. The lowest BCUT2D eigenvalue weighted by Gasteiger charge is -2.24. The standard InChI is InChI=1S/C14H23FN2/c1-5-14(16-10-11(2)17(3)4)12-7-6-8-13(15)9-12/h6-9,11,14,16H,5,10H2,1-4H3. The predicted molar refractivity (Wildman–Crippen MR) is 70.6 cm³/mol. The molecule has 0 aliphatic heterocycles. The molecular weight excluding hydrogens is 215 g/mol. The van der Waals surface area contributed by atoms with Crippen LogP contribution in [-0.2, 0) is 0 Å². The molecule has 2 atom stereocenters. The summed E-state index contributed by atoms with van der Waals surface area (Å²) in [4.78, 5) is 2.17. The number of rotatable bonds is 6. The molecule has 17 heavy (non-hydrogen) atoms. The number of nitrogens with one attached hydrogen (secondary N) is 1. The molecule has 0 spiro atoms. The smallest absolute Gasteiger partial charge is 0.123 e. The minimum atomic E-state index is -0.164. The molecule has 1 rings (SSSR count). The van der Waals surface area contributed by atoms with Crippen LogP contribution in [0.5, 0.6) is 0 Å². The molecule has 0 aliphatic rings. The molecule has 0 amide bonds. The fourth-order valence-corrected chi connectivity index (χ4v) is 1.72. The SMILES string of the molecule is CCC(NCC(C)N(C)C)c1cccc(F)c1. The minimum absolute atomic E-state index is 0.164. The van der Waals surface area contributed by atoms with Crippen molar-refractivity contribution < 1.29 is 4.39 Å². The second-order valence-electron chi connectivity index (χ2n) is 4.74. The summed E-state index contributed by atoms with van der Waals surface area (Å²) in [6.07, 6.45) is 0.962. The normalized spacial score (nSPS) is 14.9. The lowest BCUT2D eigenvalue weighted by atomic mass is 10.0.